The molecule has 1 aromatic carbocycles. The molecule has 0 aliphatic heterocycles. The third kappa shape index (κ3) is 5.17. The highest BCUT2D eigenvalue weighted by atomic mass is 16.5. The Balaban J connectivity index is 1.58. The fourth-order valence-corrected chi connectivity index (χ4v) is 3.93. The Kier molecular flexibility index (Phi) is 6.63. The van der Waals surface area contributed by atoms with Crippen molar-refractivity contribution < 1.29 is 19.5 Å². The van der Waals surface area contributed by atoms with Gasteiger partial charge in [-0.25, -0.2) is 5.48 Å². The molecule has 0 heterocycles. The highest BCUT2D eigenvalue weighted by molar-refractivity contribution is 5.90. The number of hydroxylamine groups is 1. The number of amides is 1. The molecule has 0 unspecified atom stereocenters. The molecule has 6 heteroatoms. The van der Waals surface area contributed by atoms with E-state index in [1.165, 1.54) is 6.08 Å². The van der Waals surface area contributed by atoms with E-state index in [4.69, 9.17) is 9.94 Å². The van der Waals surface area contributed by atoms with Crippen LogP contribution in [-0.2, 0) is 20.9 Å². The van der Waals surface area contributed by atoms with Gasteiger partial charge in [-0.05, 0) is 55.7 Å². The third-order valence-corrected chi connectivity index (χ3v) is 5.57. The van der Waals surface area contributed by atoms with Gasteiger partial charge >= 0.3 is 5.97 Å². The minimum atomic E-state index is -0.565. The number of benzene rings is 1. The van der Waals surface area contributed by atoms with Crippen LogP contribution in [0.5, 0.6) is 0 Å². The first-order valence-electron chi connectivity index (χ1n) is 9.78. The van der Waals surface area contributed by atoms with Gasteiger partial charge in [0.05, 0.1) is 0 Å². The van der Waals surface area contributed by atoms with E-state index in [-0.39, 0.29) is 12.1 Å². The summed E-state index contributed by atoms with van der Waals surface area (Å²) in [6.07, 6.45) is 11.0. The van der Waals surface area contributed by atoms with E-state index in [2.05, 4.69) is 5.32 Å². The Hall–Kier alpha value is -2.18. The van der Waals surface area contributed by atoms with E-state index in [1.807, 2.05) is 24.3 Å². The molecule has 1 aromatic rings. The molecule has 2 aliphatic carbocycles. The average molecular weight is 372 g/mol. The molecule has 0 bridgehead atoms. The van der Waals surface area contributed by atoms with Crippen molar-refractivity contribution in [1.29, 1.82) is 0 Å². The standard InChI is InChI=1S/C21H28N2O4/c24-19(23-26)12-11-16-7-9-17(10-8-16)15-22-21(13-3-4-14-21)20(25)27-18-5-1-2-6-18/h7-12,18,22,26H,1-6,13-15H2,(H,23,24)/b12-11+. The van der Waals surface area contributed by atoms with Gasteiger partial charge in [0, 0.05) is 12.6 Å². The van der Waals surface area contributed by atoms with Gasteiger partial charge < -0.3 is 4.74 Å². The second-order valence-corrected chi connectivity index (χ2v) is 7.51. The van der Waals surface area contributed by atoms with Gasteiger partial charge in [0.1, 0.15) is 11.6 Å². The normalized spacial score (nSPS) is 19.4. The summed E-state index contributed by atoms with van der Waals surface area (Å²) in [5, 5.41) is 12.0. The summed E-state index contributed by atoms with van der Waals surface area (Å²) in [6.45, 7) is 0.598. The molecule has 0 aromatic heterocycles. The first-order chi connectivity index (χ1) is 13.1. The Morgan fingerprint density at radius 3 is 2.41 bits per heavy atom. The molecule has 2 aliphatic rings. The molecular formula is C21H28N2O4. The molecule has 0 saturated heterocycles. The molecule has 0 spiro atoms. The van der Waals surface area contributed by atoms with Gasteiger partial charge in [-0.15, -0.1) is 0 Å². The number of esters is 1. The fourth-order valence-electron chi connectivity index (χ4n) is 3.93. The Morgan fingerprint density at radius 2 is 1.78 bits per heavy atom. The molecule has 3 N–H and O–H groups in total. The van der Waals surface area contributed by atoms with Gasteiger partial charge in [-0.1, -0.05) is 37.1 Å². The molecule has 2 saturated carbocycles. The highest BCUT2D eigenvalue weighted by Gasteiger charge is 2.43. The van der Waals surface area contributed by atoms with Gasteiger partial charge in [-0.3, -0.25) is 20.1 Å². The van der Waals surface area contributed by atoms with Crippen molar-refractivity contribution in [2.75, 3.05) is 0 Å². The van der Waals surface area contributed by atoms with Crippen molar-refractivity contribution in [1.82, 2.24) is 10.8 Å². The quantitative estimate of drug-likeness (QED) is 0.296. The number of hydrogen-bond donors (Lipinski definition) is 3. The monoisotopic (exact) mass is 372 g/mol. The van der Waals surface area contributed by atoms with Crippen LogP contribution in [-0.4, -0.2) is 28.7 Å². The second-order valence-electron chi connectivity index (χ2n) is 7.51. The van der Waals surface area contributed by atoms with Crippen LogP contribution < -0.4 is 10.8 Å². The van der Waals surface area contributed by atoms with Crippen LogP contribution >= 0.6 is 0 Å². The minimum absolute atomic E-state index is 0.0820. The van der Waals surface area contributed by atoms with Crippen molar-refractivity contribution in [3.63, 3.8) is 0 Å². The summed E-state index contributed by atoms with van der Waals surface area (Å²) < 4.78 is 5.80. The topological polar surface area (TPSA) is 87.7 Å². The van der Waals surface area contributed by atoms with Crippen LogP contribution in [0.25, 0.3) is 6.08 Å². The highest BCUT2D eigenvalue weighted by Crippen LogP contribution is 2.33. The number of nitrogens with one attached hydrogen (secondary N) is 2. The van der Waals surface area contributed by atoms with E-state index in [0.717, 1.165) is 62.5 Å². The van der Waals surface area contributed by atoms with Crippen LogP contribution in [0.3, 0.4) is 0 Å². The summed E-state index contributed by atoms with van der Waals surface area (Å²) >= 11 is 0. The summed E-state index contributed by atoms with van der Waals surface area (Å²) in [7, 11) is 0. The van der Waals surface area contributed by atoms with Crippen LogP contribution in [0.2, 0.25) is 0 Å². The van der Waals surface area contributed by atoms with E-state index >= 15 is 0 Å². The average Bonchev–Trinajstić information content (AvgIpc) is 3.38. The van der Waals surface area contributed by atoms with Gasteiger partial charge in [-0.2, -0.15) is 0 Å². The smallest absolute Gasteiger partial charge is 0.326 e. The van der Waals surface area contributed by atoms with Crippen LogP contribution in [0.1, 0.15) is 62.5 Å². The van der Waals surface area contributed by atoms with E-state index < -0.39 is 11.4 Å². The number of carbonyl (C=O) groups excluding carboxylic acids is 2. The zero-order valence-corrected chi connectivity index (χ0v) is 15.6. The molecule has 146 valence electrons. The van der Waals surface area contributed by atoms with E-state index in [1.54, 1.807) is 11.6 Å². The van der Waals surface area contributed by atoms with Crippen molar-refractivity contribution in [2.24, 2.45) is 0 Å². The van der Waals surface area contributed by atoms with Crippen molar-refractivity contribution >= 4 is 18.0 Å². The maximum absolute atomic E-state index is 12.8. The predicted molar refractivity (Wildman–Crippen MR) is 102 cm³/mol. The molecule has 3 rings (SSSR count). The van der Waals surface area contributed by atoms with Crippen molar-refractivity contribution in [2.45, 2.75) is 69.6 Å². The maximum Gasteiger partial charge on any atom is 0.326 e. The third-order valence-electron chi connectivity index (χ3n) is 5.57. The Bertz CT molecular complexity index is 672. The molecule has 6 nitrogen and oxygen atoms in total. The van der Waals surface area contributed by atoms with Crippen molar-refractivity contribution in [3.05, 3.63) is 41.5 Å². The lowest BCUT2D eigenvalue weighted by atomic mass is 9.97. The predicted octanol–water partition coefficient (Wildman–Crippen LogP) is 3.09. The lowest BCUT2D eigenvalue weighted by Crippen LogP contribution is -2.51. The van der Waals surface area contributed by atoms with Crippen LogP contribution in [0, 0.1) is 0 Å². The first kappa shape index (κ1) is 19.6. The number of ether oxygens (including phenoxy) is 1. The lowest BCUT2D eigenvalue weighted by Gasteiger charge is -2.29. The molecule has 0 radical (unpaired) electrons. The Morgan fingerprint density at radius 1 is 1.11 bits per heavy atom. The lowest BCUT2D eigenvalue weighted by molar-refractivity contribution is -0.157. The summed E-state index contributed by atoms with van der Waals surface area (Å²) in [6, 6.07) is 7.73. The zero-order valence-electron chi connectivity index (χ0n) is 15.6. The van der Waals surface area contributed by atoms with Gasteiger partial charge in [0.15, 0.2) is 0 Å². The molecule has 27 heavy (non-hydrogen) atoms. The molecule has 0 atom stereocenters. The molecular weight excluding hydrogens is 344 g/mol. The largest absolute Gasteiger partial charge is 0.461 e. The summed E-state index contributed by atoms with van der Waals surface area (Å²) in [4.78, 5) is 23.8. The maximum atomic E-state index is 12.8. The summed E-state index contributed by atoms with van der Waals surface area (Å²) in [5.74, 6) is -0.647. The van der Waals surface area contributed by atoms with Crippen molar-refractivity contribution in [3.8, 4) is 0 Å². The molecule has 1 amide bonds. The van der Waals surface area contributed by atoms with Gasteiger partial charge in [0.25, 0.3) is 5.91 Å². The van der Waals surface area contributed by atoms with Gasteiger partial charge in [0.2, 0.25) is 0 Å². The van der Waals surface area contributed by atoms with Crippen LogP contribution in [0.15, 0.2) is 30.3 Å². The molecule has 2 fully saturated rings. The van der Waals surface area contributed by atoms with E-state index in [0.29, 0.717) is 6.54 Å². The zero-order chi connectivity index (χ0) is 19.1. The second kappa shape index (κ2) is 9.15. The van der Waals surface area contributed by atoms with E-state index in [9.17, 15) is 9.59 Å². The Labute approximate surface area is 159 Å². The minimum Gasteiger partial charge on any atom is -0.461 e. The fraction of sp³-hybridized carbons (Fsp3) is 0.524. The SMILES string of the molecule is O=C(/C=C/c1ccc(CNC2(C(=O)OC3CCCC3)CCCC2)cc1)NO. The number of rotatable bonds is 7. The number of hydrogen-bond acceptors (Lipinski definition) is 5. The summed E-state index contributed by atoms with van der Waals surface area (Å²) in [5.41, 5.74) is 2.93. The van der Waals surface area contributed by atoms with Crippen LogP contribution in [0.4, 0.5) is 0 Å². The number of carbonyl (C=O) groups is 2. The first-order valence-corrected chi connectivity index (χ1v) is 9.78.